The summed E-state index contributed by atoms with van der Waals surface area (Å²) < 4.78 is 0.752. The lowest BCUT2D eigenvalue weighted by molar-refractivity contribution is 0.0921. The minimum absolute atomic E-state index is 0.00579. The average Bonchev–Trinajstić information content (AvgIpc) is 2.56. The van der Waals surface area contributed by atoms with Gasteiger partial charge in [0.05, 0.1) is 5.56 Å². The van der Waals surface area contributed by atoms with Crippen molar-refractivity contribution in [1.29, 1.82) is 0 Å². The van der Waals surface area contributed by atoms with Gasteiger partial charge in [-0.05, 0) is 46.8 Å². The normalized spacial score (nSPS) is 24.3. The fraction of sp³-hybridized carbons (Fsp3) is 0.571. The number of pyridine rings is 1. The maximum Gasteiger partial charge on any atom is 0.253 e. The van der Waals surface area contributed by atoms with Gasteiger partial charge in [-0.1, -0.05) is 26.2 Å². The molecule has 4 heteroatoms. The van der Waals surface area contributed by atoms with Gasteiger partial charge in [-0.25, -0.2) is 4.98 Å². The lowest BCUT2D eigenvalue weighted by Gasteiger charge is -2.22. The van der Waals surface area contributed by atoms with E-state index in [-0.39, 0.29) is 5.91 Å². The molecule has 1 heterocycles. The van der Waals surface area contributed by atoms with Crippen LogP contribution in [0.2, 0.25) is 0 Å². The maximum absolute atomic E-state index is 12.1. The number of hydrogen-bond acceptors (Lipinski definition) is 2. The van der Waals surface area contributed by atoms with Crippen LogP contribution in [0.1, 0.15) is 49.4 Å². The van der Waals surface area contributed by atoms with Crippen molar-refractivity contribution in [2.24, 2.45) is 5.92 Å². The average molecular weight is 311 g/mol. The minimum Gasteiger partial charge on any atom is -0.349 e. The van der Waals surface area contributed by atoms with Crippen LogP contribution in [0.4, 0.5) is 0 Å². The zero-order valence-electron chi connectivity index (χ0n) is 10.7. The van der Waals surface area contributed by atoms with Crippen LogP contribution in [0.3, 0.4) is 0 Å². The fourth-order valence-corrected chi connectivity index (χ4v) is 2.70. The van der Waals surface area contributed by atoms with Crippen molar-refractivity contribution in [2.75, 3.05) is 0 Å². The first-order valence-corrected chi connectivity index (χ1v) is 7.38. The van der Waals surface area contributed by atoms with E-state index in [0.29, 0.717) is 17.5 Å². The third-order valence-corrected chi connectivity index (χ3v) is 4.14. The molecule has 18 heavy (non-hydrogen) atoms. The van der Waals surface area contributed by atoms with E-state index in [1.165, 1.54) is 25.7 Å². The molecule has 1 amide bonds. The Labute approximate surface area is 117 Å². The Hall–Kier alpha value is -0.900. The Morgan fingerprint density at radius 3 is 2.83 bits per heavy atom. The zero-order chi connectivity index (χ0) is 13.0. The number of carbonyl (C=O) groups excluding carboxylic acids is 1. The molecule has 0 aliphatic heterocycles. The van der Waals surface area contributed by atoms with Gasteiger partial charge in [-0.2, -0.15) is 0 Å². The molecule has 3 nitrogen and oxygen atoms in total. The summed E-state index contributed by atoms with van der Waals surface area (Å²) in [6.07, 6.45) is 7.71. The van der Waals surface area contributed by atoms with Crippen LogP contribution >= 0.6 is 15.9 Å². The van der Waals surface area contributed by atoms with Gasteiger partial charge in [0.25, 0.3) is 5.91 Å². The summed E-state index contributed by atoms with van der Waals surface area (Å²) >= 11 is 3.27. The van der Waals surface area contributed by atoms with Gasteiger partial charge < -0.3 is 5.32 Å². The summed E-state index contributed by atoms with van der Waals surface area (Å²) in [6, 6.07) is 3.91. The van der Waals surface area contributed by atoms with Crippen molar-refractivity contribution < 1.29 is 4.79 Å². The molecule has 1 N–H and O–H groups in total. The van der Waals surface area contributed by atoms with Crippen molar-refractivity contribution in [3.05, 3.63) is 28.5 Å². The minimum atomic E-state index is -0.00579. The highest BCUT2D eigenvalue weighted by atomic mass is 79.9. The van der Waals surface area contributed by atoms with E-state index in [9.17, 15) is 4.79 Å². The van der Waals surface area contributed by atoms with Gasteiger partial charge in [0.1, 0.15) is 4.60 Å². The highest BCUT2D eigenvalue weighted by Crippen LogP contribution is 2.23. The predicted octanol–water partition coefficient (Wildman–Crippen LogP) is 3.54. The highest BCUT2D eigenvalue weighted by Gasteiger charge is 2.22. The molecule has 2 unspecified atom stereocenters. The van der Waals surface area contributed by atoms with E-state index in [2.05, 4.69) is 33.2 Å². The first-order chi connectivity index (χ1) is 8.66. The second-order valence-electron chi connectivity index (χ2n) is 5.06. The third-order valence-electron chi connectivity index (χ3n) is 3.67. The highest BCUT2D eigenvalue weighted by molar-refractivity contribution is 9.10. The molecule has 2 rings (SSSR count). The van der Waals surface area contributed by atoms with Crippen LogP contribution < -0.4 is 5.32 Å². The molecule has 0 aromatic carbocycles. The number of halogens is 1. The number of hydrogen-bond donors (Lipinski definition) is 1. The van der Waals surface area contributed by atoms with Gasteiger partial charge in [-0.3, -0.25) is 4.79 Å². The van der Waals surface area contributed by atoms with E-state index in [1.807, 2.05) is 0 Å². The van der Waals surface area contributed by atoms with Gasteiger partial charge in [-0.15, -0.1) is 0 Å². The van der Waals surface area contributed by atoms with E-state index >= 15 is 0 Å². The molecule has 0 saturated heterocycles. The summed E-state index contributed by atoms with van der Waals surface area (Å²) in [5.41, 5.74) is 0.634. The molecule has 1 fully saturated rings. The lowest BCUT2D eigenvalue weighted by atomic mass is 9.97. The molecule has 0 radical (unpaired) electrons. The smallest absolute Gasteiger partial charge is 0.253 e. The maximum atomic E-state index is 12.1. The van der Waals surface area contributed by atoms with Gasteiger partial charge in [0.15, 0.2) is 0 Å². The second-order valence-corrected chi connectivity index (χ2v) is 5.88. The first-order valence-electron chi connectivity index (χ1n) is 6.59. The van der Waals surface area contributed by atoms with E-state index in [1.54, 1.807) is 18.3 Å². The lowest BCUT2D eigenvalue weighted by Crippen LogP contribution is -2.38. The van der Waals surface area contributed by atoms with E-state index in [4.69, 9.17) is 0 Å². The van der Waals surface area contributed by atoms with Crippen LogP contribution in [0.5, 0.6) is 0 Å². The summed E-state index contributed by atoms with van der Waals surface area (Å²) in [5.74, 6) is 0.564. The summed E-state index contributed by atoms with van der Waals surface area (Å²) in [7, 11) is 0. The summed E-state index contributed by atoms with van der Waals surface area (Å²) in [4.78, 5) is 16.2. The topological polar surface area (TPSA) is 42.0 Å². The first kappa shape index (κ1) is 13.5. The molecule has 1 aromatic heterocycles. The standard InChI is InChI=1S/C14H19BrN2O/c1-10-5-3-2-4-6-12(10)17-14(18)11-7-8-13(15)16-9-11/h7-10,12H,2-6H2,1H3,(H,17,18). The van der Waals surface area contributed by atoms with Crippen LogP contribution in [-0.2, 0) is 0 Å². The molecule has 1 aliphatic rings. The van der Waals surface area contributed by atoms with Crippen LogP contribution in [0.15, 0.2) is 22.9 Å². The van der Waals surface area contributed by atoms with E-state index in [0.717, 1.165) is 11.0 Å². The van der Waals surface area contributed by atoms with Gasteiger partial charge >= 0.3 is 0 Å². The fourth-order valence-electron chi connectivity index (χ4n) is 2.47. The number of aromatic nitrogens is 1. The van der Waals surface area contributed by atoms with Crippen LogP contribution in [-0.4, -0.2) is 16.9 Å². The molecule has 1 aliphatic carbocycles. The Balaban J connectivity index is 1.99. The van der Waals surface area contributed by atoms with Crippen LogP contribution in [0.25, 0.3) is 0 Å². The van der Waals surface area contributed by atoms with Gasteiger partial charge in [0, 0.05) is 12.2 Å². The molecule has 98 valence electrons. The monoisotopic (exact) mass is 310 g/mol. The van der Waals surface area contributed by atoms with Crippen molar-refractivity contribution in [3.8, 4) is 0 Å². The number of carbonyl (C=O) groups is 1. The third kappa shape index (κ3) is 3.55. The molecule has 0 bridgehead atoms. The second kappa shape index (κ2) is 6.32. The SMILES string of the molecule is CC1CCCCCC1NC(=O)c1ccc(Br)nc1. The van der Waals surface area contributed by atoms with Crippen molar-refractivity contribution in [2.45, 2.75) is 45.1 Å². The zero-order valence-corrected chi connectivity index (χ0v) is 12.2. The quantitative estimate of drug-likeness (QED) is 0.670. The molecular weight excluding hydrogens is 292 g/mol. The van der Waals surface area contributed by atoms with Crippen LogP contribution in [0, 0.1) is 5.92 Å². The van der Waals surface area contributed by atoms with E-state index < -0.39 is 0 Å². The number of rotatable bonds is 2. The summed E-state index contributed by atoms with van der Waals surface area (Å²) in [6.45, 7) is 2.23. The molecule has 2 atom stereocenters. The molecular formula is C14H19BrN2O. The van der Waals surface area contributed by atoms with Crippen molar-refractivity contribution >= 4 is 21.8 Å². The molecule has 1 aromatic rings. The van der Waals surface area contributed by atoms with Crippen molar-refractivity contribution in [3.63, 3.8) is 0 Å². The summed E-state index contributed by atoms with van der Waals surface area (Å²) in [5, 5.41) is 3.15. The number of nitrogens with one attached hydrogen (secondary N) is 1. The Morgan fingerprint density at radius 1 is 1.33 bits per heavy atom. The number of amides is 1. The predicted molar refractivity (Wildman–Crippen MR) is 75.4 cm³/mol. The number of nitrogens with zero attached hydrogens (tertiary/aromatic N) is 1. The van der Waals surface area contributed by atoms with Crippen molar-refractivity contribution in [1.82, 2.24) is 10.3 Å². The van der Waals surface area contributed by atoms with Gasteiger partial charge in [0.2, 0.25) is 0 Å². The Morgan fingerprint density at radius 2 is 2.11 bits per heavy atom. The molecule has 1 saturated carbocycles. The molecule has 0 spiro atoms. The Kier molecular flexibility index (Phi) is 4.75. The largest absolute Gasteiger partial charge is 0.349 e. The Bertz CT molecular complexity index is 405.